The Hall–Kier alpha value is -3.22. The lowest BCUT2D eigenvalue weighted by Crippen LogP contribution is -2.33. The Kier molecular flexibility index (Phi) is 3.30. The number of amides is 2. The fourth-order valence-corrected chi connectivity index (χ4v) is 2.16. The molecule has 0 fully saturated rings. The molecule has 0 atom stereocenters. The van der Waals surface area contributed by atoms with Crippen molar-refractivity contribution in [2.24, 2.45) is 0 Å². The second-order valence-corrected chi connectivity index (χ2v) is 4.52. The molecule has 0 saturated heterocycles. The minimum atomic E-state index is -0.888. The first-order valence-electron chi connectivity index (χ1n) is 6.45. The predicted molar refractivity (Wildman–Crippen MR) is 74.8 cm³/mol. The van der Waals surface area contributed by atoms with Crippen LogP contribution in [0.1, 0.15) is 31.3 Å². The monoisotopic (exact) mass is 297 g/mol. The summed E-state index contributed by atoms with van der Waals surface area (Å²) in [5, 5.41) is 0.458. The van der Waals surface area contributed by atoms with E-state index >= 15 is 0 Å². The largest absolute Gasteiger partial charge is 0.399 e. The third kappa shape index (κ3) is 2.08. The number of rotatable bonds is 4. The molecule has 110 valence electrons. The van der Waals surface area contributed by atoms with E-state index in [4.69, 9.17) is 4.84 Å². The molecule has 0 saturated carbocycles. The molecule has 7 nitrogen and oxygen atoms in total. The van der Waals surface area contributed by atoms with Gasteiger partial charge in [0, 0.05) is 18.9 Å². The van der Waals surface area contributed by atoms with Gasteiger partial charge in [-0.1, -0.05) is 23.3 Å². The highest BCUT2D eigenvalue weighted by molar-refractivity contribution is 6.21. The maximum absolute atomic E-state index is 12.1. The lowest BCUT2D eigenvalue weighted by atomic mass is 10.1. The number of hydrogen-bond acceptors (Lipinski definition) is 5. The number of imidazole rings is 1. The van der Waals surface area contributed by atoms with Gasteiger partial charge < -0.3 is 9.40 Å². The summed E-state index contributed by atoms with van der Waals surface area (Å²) >= 11 is 0. The van der Waals surface area contributed by atoms with Gasteiger partial charge in [-0.15, -0.1) is 6.58 Å². The molecule has 0 bridgehead atoms. The highest BCUT2D eigenvalue weighted by atomic mass is 16.7. The van der Waals surface area contributed by atoms with Crippen molar-refractivity contribution < 1.29 is 19.2 Å². The Bertz CT molecular complexity index is 759. The maximum Gasteiger partial charge on any atom is 0.399 e. The summed E-state index contributed by atoms with van der Waals surface area (Å²) in [5.41, 5.74) is 0.407. The lowest BCUT2D eigenvalue weighted by Gasteiger charge is -2.12. The average molecular weight is 297 g/mol. The van der Waals surface area contributed by atoms with E-state index in [9.17, 15) is 14.4 Å². The number of hydroxylamine groups is 2. The number of carbonyl (C=O) groups excluding carboxylic acids is 3. The summed E-state index contributed by atoms with van der Waals surface area (Å²) in [6, 6.07) is 6.27. The minimum absolute atomic E-state index is 0.0172. The van der Waals surface area contributed by atoms with Crippen LogP contribution in [0.4, 0.5) is 0 Å². The van der Waals surface area contributed by atoms with Crippen LogP contribution in [0.25, 0.3) is 0 Å². The first-order valence-corrected chi connectivity index (χ1v) is 6.45. The van der Waals surface area contributed by atoms with E-state index in [1.807, 2.05) is 0 Å². The molecule has 7 heteroatoms. The SMILES string of the molecule is C=CCn1ccnc1C(=O)ON1C(=O)c2ccccc2C1=O. The Balaban J connectivity index is 1.84. The van der Waals surface area contributed by atoms with E-state index in [2.05, 4.69) is 11.6 Å². The van der Waals surface area contributed by atoms with Crippen LogP contribution in [-0.2, 0) is 11.4 Å². The summed E-state index contributed by atoms with van der Waals surface area (Å²) < 4.78 is 1.49. The molecule has 0 N–H and O–H groups in total. The normalized spacial score (nSPS) is 13.2. The molecule has 2 heterocycles. The Morgan fingerprint density at radius 1 is 1.23 bits per heavy atom. The molecule has 1 aromatic carbocycles. The maximum atomic E-state index is 12.1. The van der Waals surface area contributed by atoms with Crippen LogP contribution in [0, 0.1) is 0 Å². The van der Waals surface area contributed by atoms with Crippen LogP contribution in [0.15, 0.2) is 49.3 Å². The zero-order valence-corrected chi connectivity index (χ0v) is 11.4. The van der Waals surface area contributed by atoms with E-state index < -0.39 is 17.8 Å². The number of allylic oxidation sites excluding steroid dienone is 1. The summed E-state index contributed by atoms with van der Waals surface area (Å²) in [6.45, 7) is 3.92. The Morgan fingerprint density at radius 3 is 2.45 bits per heavy atom. The zero-order chi connectivity index (χ0) is 15.7. The zero-order valence-electron chi connectivity index (χ0n) is 11.4. The standard InChI is InChI=1S/C15H11N3O4/c1-2-8-17-9-7-16-12(17)15(21)22-18-13(19)10-5-3-4-6-11(10)14(18)20/h2-7,9H,1,8H2. The first kappa shape index (κ1) is 13.7. The van der Waals surface area contributed by atoms with Crippen molar-refractivity contribution in [2.45, 2.75) is 6.54 Å². The molecule has 1 aliphatic rings. The molecule has 0 spiro atoms. The molecular formula is C15H11N3O4. The van der Waals surface area contributed by atoms with Crippen LogP contribution < -0.4 is 0 Å². The summed E-state index contributed by atoms with van der Waals surface area (Å²) in [7, 11) is 0. The van der Waals surface area contributed by atoms with Gasteiger partial charge in [0.25, 0.3) is 11.8 Å². The molecule has 3 rings (SSSR count). The van der Waals surface area contributed by atoms with E-state index in [-0.39, 0.29) is 17.0 Å². The molecule has 1 aliphatic heterocycles. The number of aromatic nitrogens is 2. The van der Waals surface area contributed by atoms with E-state index in [1.54, 1.807) is 24.4 Å². The number of nitrogens with zero attached hydrogens (tertiary/aromatic N) is 3. The Labute approximate surface area is 125 Å². The number of hydrogen-bond donors (Lipinski definition) is 0. The first-order chi connectivity index (χ1) is 10.6. The van der Waals surface area contributed by atoms with E-state index in [0.717, 1.165) is 0 Å². The van der Waals surface area contributed by atoms with Crippen molar-refractivity contribution in [3.8, 4) is 0 Å². The van der Waals surface area contributed by atoms with Gasteiger partial charge in [0.2, 0.25) is 5.82 Å². The molecular weight excluding hydrogens is 286 g/mol. The number of imide groups is 1. The van der Waals surface area contributed by atoms with Crippen LogP contribution in [0.3, 0.4) is 0 Å². The minimum Gasteiger partial charge on any atom is -0.322 e. The fraction of sp³-hybridized carbons (Fsp3) is 0.0667. The molecule has 1 aromatic heterocycles. The predicted octanol–water partition coefficient (Wildman–Crippen LogP) is 1.44. The smallest absolute Gasteiger partial charge is 0.322 e. The van der Waals surface area contributed by atoms with E-state index in [1.165, 1.54) is 22.9 Å². The summed E-state index contributed by atoms with van der Waals surface area (Å²) in [5.74, 6) is -2.25. The van der Waals surface area contributed by atoms with Crippen LogP contribution in [0.2, 0.25) is 0 Å². The molecule has 2 aromatic rings. The summed E-state index contributed by atoms with van der Waals surface area (Å²) in [4.78, 5) is 45.1. The number of carbonyl (C=O) groups is 3. The molecule has 22 heavy (non-hydrogen) atoms. The summed E-state index contributed by atoms with van der Waals surface area (Å²) in [6.07, 6.45) is 4.57. The van der Waals surface area contributed by atoms with Gasteiger partial charge >= 0.3 is 5.97 Å². The molecule has 0 radical (unpaired) electrons. The second-order valence-electron chi connectivity index (χ2n) is 4.52. The fourth-order valence-electron chi connectivity index (χ4n) is 2.16. The van der Waals surface area contributed by atoms with E-state index in [0.29, 0.717) is 11.6 Å². The van der Waals surface area contributed by atoms with Crippen molar-refractivity contribution in [2.75, 3.05) is 0 Å². The van der Waals surface area contributed by atoms with Crippen LogP contribution >= 0.6 is 0 Å². The van der Waals surface area contributed by atoms with Gasteiger partial charge in [-0.25, -0.2) is 9.78 Å². The van der Waals surface area contributed by atoms with Crippen molar-refractivity contribution in [1.29, 1.82) is 0 Å². The van der Waals surface area contributed by atoms with Gasteiger partial charge in [0.15, 0.2) is 0 Å². The highest BCUT2D eigenvalue weighted by Crippen LogP contribution is 2.23. The number of fused-ring (bicyclic) bond motifs is 1. The molecule has 0 aliphatic carbocycles. The van der Waals surface area contributed by atoms with Gasteiger partial charge in [0.1, 0.15) is 0 Å². The van der Waals surface area contributed by atoms with Crippen molar-refractivity contribution in [1.82, 2.24) is 14.6 Å². The van der Waals surface area contributed by atoms with Gasteiger partial charge in [0.05, 0.1) is 11.1 Å². The Morgan fingerprint density at radius 2 is 1.86 bits per heavy atom. The van der Waals surface area contributed by atoms with Crippen LogP contribution in [0.5, 0.6) is 0 Å². The third-order valence-electron chi connectivity index (χ3n) is 3.15. The average Bonchev–Trinajstić information content (AvgIpc) is 3.07. The van der Waals surface area contributed by atoms with Gasteiger partial charge in [-0.3, -0.25) is 9.59 Å². The third-order valence-corrected chi connectivity index (χ3v) is 3.15. The van der Waals surface area contributed by atoms with Crippen molar-refractivity contribution in [3.63, 3.8) is 0 Å². The highest BCUT2D eigenvalue weighted by Gasteiger charge is 2.39. The molecule has 0 unspecified atom stereocenters. The topological polar surface area (TPSA) is 81.5 Å². The van der Waals surface area contributed by atoms with Gasteiger partial charge in [-0.2, -0.15) is 0 Å². The lowest BCUT2D eigenvalue weighted by molar-refractivity contribution is -0.0595. The number of benzene rings is 1. The van der Waals surface area contributed by atoms with Crippen molar-refractivity contribution >= 4 is 17.8 Å². The van der Waals surface area contributed by atoms with Crippen LogP contribution in [-0.4, -0.2) is 32.4 Å². The van der Waals surface area contributed by atoms with Gasteiger partial charge in [-0.05, 0) is 12.1 Å². The molecule has 2 amide bonds. The second kappa shape index (κ2) is 5.28. The quantitative estimate of drug-likeness (QED) is 0.630. The van der Waals surface area contributed by atoms with Crippen molar-refractivity contribution in [3.05, 3.63) is 66.3 Å².